The maximum Gasteiger partial charge on any atom is 0.127 e. The number of rotatable bonds is 1. The molecule has 3 rings (SSSR count). The topological polar surface area (TPSA) is 35.2 Å². The summed E-state index contributed by atoms with van der Waals surface area (Å²) in [5.41, 5.74) is 7.83. The number of hydrogen-bond acceptors (Lipinski definition) is 2. The third-order valence-corrected chi connectivity index (χ3v) is 4.17. The summed E-state index contributed by atoms with van der Waals surface area (Å²) < 4.78 is 19.2. The molecule has 104 valence electrons. The van der Waals surface area contributed by atoms with Crippen LogP contribution >= 0.6 is 23.2 Å². The molecule has 0 aliphatic carbocycles. The molecule has 0 amide bonds. The maximum absolute atomic E-state index is 13.3. The highest BCUT2D eigenvalue weighted by Gasteiger charge is 2.27. The number of ether oxygens (including phenoxy) is 1. The van der Waals surface area contributed by atoms with E-state index in [-0.39, 0.29) is 18.0 Å². The van der Waals surface area contributed by atoms with E-state index < -0.39 is 0 Å². The van der Waals surface area contributed by atoms with Gasteiger partial charge < -0.3 is 10.5 Å². The summed E-state index contributed by atoms with van der Waals surface area (Å²) in [6, 6.07) is 9.54. The Morgan fingerprint density at radius 2 is 1.90 bits per heavy atom. The Hall–Kier alpha value is -1.29. The van der Waals surface area contributed by atoms with Crippen molar-refractivity contribution < 1.29 is 9.13 Å². The lowest BCUT2D eigenvalue weighted by atomic mass is 9.93. The summed E-state index contributed by atoms with van der Waals surface area (Å²) in [6.07, 6.45) is 0.352. The van der Waals surface area contributed by atoms with Crippen molar-refractivity contribution in [3.63, 3.8) is 0 Å². The predicted octanol–water partition coefficient (Wildman–Crippen LogP) is 4.66. The van der Waals surface area contributed by atoms with E-state index >= 15 is 0 Å². The van der Waals surface area contributed by atoms with Crippen LogP contribution in [0.2, 0.25) is 10.0 Å². The fraction of sp³-hybridized carbons (Fsp3) is 0.200. The van der Waals surface area contributed by atoms with E-state index in [0.29, 0.717) is 22.2 Å². The molecule has 0 saturated heterocycles. The molecule has 2 nitrogen and oxygen atoms in total. The zero-order valence-corrected chi connectivity index (χ0v) is 12.0. The molecule has 1 heterocycles. The van der Waals surface area contributed by atoms with Gasteiger partial charge in [-0.1, -0.05) is 35.3 Å². The van der Waals surface area contributed by atoms with Crippen molar-refractivity contribution >= 4 is 23.2 Å². The van der Waals surface area contributed by atoms with E-state index in [1.807, 2.05) is 6.07 Å². The minimum atomic E-state index is -0.342. The van der Waals surface area contributed by atoms with Crippen LogP contribution in [0.1, 0.15) is 29.7 Å². The van der Waals surface area contributed by atoms with Gasteiger partial charge in [-0.25, -0.2) is 4.39 Å². The third kappa shape index (κ3) is 2.49. The molecular weight excluding hydrogens is 300 g/mol. The fourth-order valence-electron chi connectivity index (χ4n) is 2.39. The molecule has 1 aliphatic rings. The summed E-state index contributed by atoms with van der Waals surface area (Å²) in [5.74, 6) is 0.144. The van der Waals surface area contributed by atoms with E-state index in [9.17, 15) is 4.39 Å². The zero-order valence-electron chi connectivity index (χ0n) is 10.4. The molecule has 2 atom stereocenters. The number of halogens is 3. The van der Waals surface area contributed by atoms with Gasteiger partial charge >= 0.3 is 0 Å². The van der Waals surface area contributed by atoms with E-state index in [0.717, 1.165) is 11.1 Å². The van der Waals surface area contributed by atoms with Crippen LogP contribution in [0.3, 0.4) is 0 Å². The second kappa shape index (κ2) is 5.24. The van der Waals surface area contributed by atoms with Gasteiger partial charge in [-0.15, -0.1) is 0 Å². The van der Waals surface area contributed by atoms with Crippen LogP contribution in [0.5, 0.6) is 5.75 Å². The van der Waals surface area contributed by atoms with Crippen LogP contribution in [0.4, 0.5) is 4.39 Å². The quantitative estimate of drug-likeness (QED) is 0.831. The molecule has 1 aliphatic heterocycles. The molecule has 0 saturated carbocycles. The van der Waals surface area contributed by atoms with Gasteiger partial charge in [0.15, 0.2) is 0 Å². The molecule has 0 aromatic heterocycles. The van der Waals surface area contributed by atoms with E-state index in [4.69, 9.17) is 33.7 Å². The Labute approximate surface area is 126 Å². The van der Waals surface area contributed by atoms with Crippen LogP contribution in [0.15, 0.2) is 36.4 Å². The van der Waals surface area contributed by atoms with Crippen LogP contribution in [-0.2, 0) is 0 Å². The Morgan fingerprint density at radius 1 is 1.10 bits per heavy atom. The van der Waals surface area contributed by atoms with Gasteiger partial charge in [-0.05, 0) is 23.8 Å². The standard InChI is InChI=1S/C15H12Cl2FNO/c16-11-4-1-8(5-12(11)17)14-7-13(19)10-3-2-9(18)6-15(10)20-14/h1-6,13-14H,7,19H2. The van der Waals surface area contributed by atoms with Gasteiger partial charge in [0, 0.05) is 24.1 Å². The summed E-state index contributed by atoms with van der Waals surface area (Å²) >= 11 is 11.9. The zero-order chi connectivity index (χ0) is 14.3. The van der Waals surface area contributed by atoms with Crippen molar-refractivity contribution in [1.82, 2.24) is 0 Å². The van der Waals surface area contributed by atoms with Gasteiger partial charge in [0.25, 0.3) is 0 Å². The first-order valence-electron chi connectivity index (χ1n) is 6.21. The van der Waals surface area contributed by atoms with Crippen molar-refractivity contribution in [3.05, 3.63) is 63.4 Å². The second-order valence-corrected chi connectivity index (χ2v) is 5.62. The minimum Gasteiger partial charge on any atom is -0.485 e. The SMILES string of the molecule is NC1CC(c2ccc(Cl)c(Cl)c2)Oc2cc(F)ccc21. The van der Waals surface area contributed by atoms with Crippen LogP contribution in [0.25, 0.3) is 0 Å². The molecule has 2 aromatic carbocycles. The molecule has 2 N–H and O–H groups in total. The van der Waals surface area contributed by atoms with E-state index in [2.05, 4.69) is 0 Å². The second-order valence-electron chi connectivity index (χ2n) is 4.80. The van der Waals surface area contributed by atoms with Gasteiger partial charge in [0.2, 0.25) is 0 Å². The molecule has 5 heteroatoms. The minimum absolute atomic E-state index is 0.196. The largest absolute Gasteiger partial charge is 0.485 e. The lowest BCUT2D eigenvalue weighted by Gasteiger charge is -2.30. The highest BCUT2D eigenvalue weighted by atomic mass is 35.5. The average molecular weight is 312 g/mol. The number of fused-ring (bicyclic) bond motifs is 1. The Morgan fingerprint density at radius 3 is 2.65 bits per heavy atom. The van der Waals surface area contributed by atoms with Crippen LogP contribution in [-0.4, -0.2) is 0 Å². The Bertz CT molecular complexity index is 662. The van der Waals surface area contributed by atoms with E-state index in [1.54, 1.807) is 18.2 Å². The first-order valence-corrected chi connectivity index (χ1v) is 6.97. The third-order valence-electron chi connectivity index (χ3n) is 3.43. The highest BCUT2D eigenvalue weighted by Crippen LogP contribution is 2.40. The van der Waals surface area contributed by atoms with Crippen LogP contribution in [0, 0.1) is 5.82 Å². The van der Waals surface area contributed by atoms with Crippen LogP contribution < -0.4 is 10.5 Å². The number of benzene rings is 2. The number of nitrogens with two attached hydrogens (primary N) is 1. The average Bonchev–Trinajstić information content (AvgIpc) is 2.41. The molecule has 0 radical (unpaired) electrons. The molecule has 20 heavy (non-hydrogen) atoms. The predicted molar refractivity (Wildman–Crippen MR) is 77.8 cm³/mol. The highest BCUT2D eigenvalue weighted by molar-refractivity contribution is 6.42. The van der Waals surface area contributed by atoms with Crippen molar-refractivity contribution in [1.29, 1.82) is 0 Å². The summed E-state index contributed by atoms with van der Waals surface area (Å²) in [7, 11) is 0. The Balaban J connectivity index is 1.96. The summed E-state index contributed by atoms with van der Waals surface area (Å²) in [6.45, 7) is 0. The first-order chi connectivity index (χ1) is 9.54. The molecule has 0 fully saturated rings. The normalized spacial score (nSPS) is 21.2. The monoisotopic (exact) mass is 311 g/mol. The maximum atomic E-state index is 13.3. The molecule has 2 aromatic rings. The van der Waals surface area contributed by atoms with Gasteiger partial charge in [-0.2, -0.15) is 0 Å². The molecule has 2 unspecified atom stereocenters. The Kier molecular flexibility index (Phi) is 3.59. The van der Waals surface area contributed by atoms with Crippen molar-refractivity contribution in [2.75, 3.05) is 0 Å². The van der Waals surface area contributed by atoms with Gasteiger partial charge in [0.05, 0.1) is 10.0 Å². The van der Waals surface area contributed by atoms with Gasteiger partial charge in [-0.3, -0.25) is 0 Å². The van der Waals surface area contributed by atoms with Crippen molar-refractivity contribution in [3.8, 4) is 5.75 Å². The summed E-state index contributed by atoms with van der Waals surface area (Å²) in [5, 5.41) is 0.952. The van der Waals surface area contributed by atoms with Crippen molar-refractivity contribution in [2.24, 2.45) is 5.73 Å². The fourth-order valence-corrected chi connectivity index (χ4v) is 2.70. The van der Waals surface area contributed by atoms with Crippen molar-refractivity contribution in [2.45, 2.75) is 18.6 Å². The van der Waals surface area contributed by atoms with E-state index in [1.165, 1.54) is 12.1 Å². The lowest BCUT2D eigenvalue weighted by Crippen LogP contribution is -2.24. The first kappa shape index (κ1) is 13.7. The van der Waals surface area contributed by atoms with Gasteiger partial charge in [0.1, 0.15) is 17.7 Å². The molecule has 0 bridgehead atoms. The molecule has 0 spiro atoms. The lowest BCUT2D eigenvalue weighted by molar-refractivity contribution is 0.161. The molecular formula is C15H12Cl2FNO. The smallest absolute Gasteiger partial charge is 0.127 e. The summed E-state index contributed by atoms with van der Waals surface area (Å²) in [4.78, 5) is 0. The number of hydrogen-bond donors (Lipinski definition) is 1.